The summed E-state index contributed by atoms with van der Waals surface area (Å²) in [4.78, 5) is 15.5. The van der Waals surface area contributed by atoms with E-state index in [0.29, 0.717) is 43.0 Å². The number of fused-ring (bicyclic) bond motifs is 1. The number of pyridine rings is 1. The number of carboxylic acids is 1. The number of carboxylic acid groups (broad SMARTS) is 1. The van der Waals surface area contributed by atoms with Crippen LogP contribution < -0.4 is 5.43 Å². The minimum Gasteiger partial charge on any atom is -0.478 e. The van der Waals surface area contributed by atoms with E-state index < -0.39 is 5.97 Å². The summed E-state index contributed by atoms with van der Waals surface area (Å²) >= 11 is 0. The summed E-state index contributed by atoms with van der Waals surface area (Å²) in [6, 6.07) is 0. The van der Waals surface area contributed by atoms with E-state index in [1.807, 2.05) is 5.01 Å². The van der Waals surface area contributed by atoms with Crippen LogP contribution in [-0.2, 0) is 11.8 Å². The molecule has 2 N–H and O–H groups in total. The van der Waals surface area contributed by atoms with Gasteiger partial charge in [-0.05, 0) is 0 Å². The zero-order valence-electron chi connectivity index (χ0n) is 11.0. The van der Waals surface area contributed by atoms with Crippen LogP contribution in [0.3, 0.4) is 0 Å². The SMILES string of the molecule is Cn1ncc2c(NN3CCOCC3)c(C(=O)O)cnc21. The predicted octanol–water partition coefficient (Wildman–Crippen LogP) is 0.326. The van der Waals surface area contributed by atoms with Gasteiger partial charge in [0.25, 0.3) is 0 Å². The third-order valence-corrected chi connectivity index (χ3v) is 3.27. The number of nitrogens with one attached hydrogen (secondary N) is 1. The van der Waals surface area contributed by atoms with E-state index in [1.54, 1.807) is 17.9 Å². The smallest absolute Gasteiger partial charge is 0.339 e. The van der Waals surface area contributed by atoms with E-state index in [0.717, 1.165) is 0 Å². The van der Waals surface area contributed by atoms with Gasteiger partial charge >= 0.3 is 5.97 Å². The normalized spacial score (nSPS) is 16.4. The molecule has 20 heavy (non-hydrogen) atoms. The van der Waals surface area contributed by atoms with Gasteiger partial charge in [0.15, 0.2) is 5.65 Å². The number of hydrogen-bond donors (Lipinski definition) is 2. The molecule has 0 bridgehead atoms. The highest BCUT2D eigenvalue weighted by Crippen LogP contribution is 2.26. The quantitative estimate of drug-likeness (QED) is 0.834. The van der Waals surface area contributed by atoms with Crippen LogP contribution in [0, 0.1) is 0 Å². The molecule has 8 heteroatoms. The average Bonchev–Trinajstić information content (AvgIpc) is 2.82. The Labute approximate surface area is 114 Å². The lowest BCUT2D eigenvalue weighted by atomic mass is 10.2. The van der Waals surface area contributed by atoms with Gasteiger partial charge in [0, 0.05) is 26.3 Å². The number of hydrogen-bond acceptors (Lipinski definition) is 6. The number of aryl methyl sites for hydroxylation is 1. The standard InChI is InChI=1S/C12H15N5O3/c1-16-11-8(7-14-16)10(9(6-13-11)12(18)19)15-17-2-4-20-5-3-17/h6-7H,2-5H2,1H3,(H,13,15)(H,18,19). The number of morpholine rings is 1. The Balaban J connectivity index is 2.04. The molecule has 0 atom stereocenters. The van der Waals surface area contributed by atoms with Crippen molar-refractivity contribution in [3.8, 4) is 0 Å². The van der Waals surface area contributed by atoms with Gasteiger partial charge < -0.3 is 15.3 Å². The Bertz CT molecular complexity index is 648. The number of anilines is 1. The molecule has 0 aromatic carbocycles. The van der Waals surface area contributed by atoms with Crippen molar-refractivity contribution in [2.24, 2.45) is 7.05 Å². The van der Waals surface area contributed by atoms with Crippen LogP contribution in [0.5, 0.6) is 0 Å². The lowest BCUT2D eigenvalue weighted by Gasteiger charge is -2.28. The maximum atomic E-state index is 11.4. The molecule has 0 unspecified atom stereocenters. The largest absolute Gasteiger partial charge is 0.478 e. The highest BCUT2D eigenvalue weighted by Gasteiger charge is 2.19. The van der Waals surface area contributed by atoms with E-state index in [1.165, 1.54) is 6.20 Å². The molecule has 0 amide bonds. The van der Waals surface area contributed by atoms with Gasteiger partial charge in [-0.1, -0.05) is 0 Å². The van der Waals surface area contributed by atoms with Crippen molar-refractivity contribution >= 4 is 22.7 Å². The molecule has 0 aliphatic carbocycles. The predicted molar refractivity (Wildman–Crippen MR) is 71.5 cm³/mol. The molecule has 2 aromatic heterocycles. The summed E-state index contributed by atoms with van der Waals surface area (Å²) in [6.45, 7) is 2.64. The molecule has 0 spiro atoms. The molecule has 3 heterocycles. The fourth-order valence-electron chi connectivity index (χ4n) is 2.21. The summed E-state index contributed by atoms with van der Waals surface area (Å²) in [6.07, 6.45) is 2.98. The molecule has 1 fully saturated rings. The summed E-state index contributed by atoms with van der Waals surface area (Å²) < 4.78 is 6.90. The first-order valence-electron chi connectivity index (χ1n) is 6.30. The van der Waals surface area contributed by atoms with Crippen molar-refractivity contribution in [2.75, 3.05) is 31.7 Å². The maximum absolute atomic E-state index is 11.4. The highest BCUT2D eigenvalue weighted by molar-refractivity contribution is 6.03. The summed E-state index contributed by atoms with van der Waals surface area (Å²) in [5.41, 5.74) is 4.47. The average molecular weight is 277 g/mol. The van der Waals surface area contributed by atoms with E-state index >= 15 is 0 Å². The fraction of sp³-hybridized carbons (Fsp3) is 0.417. The Morgan fingerprint density at radius 3 is 2.85 bits per heavy atom. The first-order chi connectivity index (χ1) is 9.66. The zero-order valence-corrected chi connectivity index (χ0v) is 11.0. The first kappa shape index (κ1) is 12.8. The van der Waals surface area contributed by atoms with Crippen LogP contribution in [0.1, 0.15) is 10.4 Å². The van der Waals surface area contributed by atoms with Crippen LogP contribution in [0.15, 0.2) is 12.4 Å². The van der Waals surface area contributed by atoms with Crippen molar-refractivity contribution in [3.05, 3.63) is 18.0 Å². The fourth-order valence-corrected chi connectivity index (χ4v) is 2.21. The monoisotopic (exact) mass is 277 g/mol. The van der Waals surface area contributed by atoms with Gasteiger partial charge in [-0.2, -0.15) is 5.10 Å². The van der Waals surface area contributed by atoms with E-state index in [9.17, 15) is 9.90 Å². The number of aromatic nitrogens is 3. The van der Waals surface area contributed by atoms with E-state index in [4.69, 9.17) is 4.74 Å². The van der Waals surface area contributed by atoms with Crippen LogP contribution in [0.2, 0.25) is 0 Å². The van der Waals surface area contributed by atoms with Gasteiger partial charge in [-0.15, -0.1) is 0 Å². The second-order valence-electron chi connectivity index (χ2n) is 4.57. The van der Waals surface area contributed by atoms with Crippen molar-refractivity contribution < 1.29 is 14.6 Å². The molecule has 1 saturated heterocycles. The minimum absolute atomic E-state index is 0.136. The Morgan fingerprint density at radius 1 is 1.40 bits per heavy atom. The number of rotatable bonds is 3. The Morgan fingerprint density at radius 2 is 2.15 bits per heavy atom. The third-order valence-electron chi connectivity index (χ3n) is 3.27. The van der Waals surface area contributed by atoms with Gasteiger partial charge in [0.05, 0.1) is 30.5 Å². The highest BCUT2D eigenvalue weighted by atomic mass is 16.5. The molecular weight excluding hydrogens is 262 g/mol. The van der Waals surface area contributed by atoms with Gasteiger partial charge in [-0.3, -0.25) is 4.68 Å². The molecule has 106 valence electrons. The molecule has 1 aliphatic heterocycles. The van der Waals surface area contributed by atoms with E-state index in [-0.39, 0.29) is 5.56 Å². The van der Waals surface area contributed by atoms with Crippen molar-refractivity contribution in [1.82, 2.24) is 19.8 Å². The Hall–Kier alpha value is -2.19. The van der Waals surface area contributed by atoms with Gasteiger partial charge in [0.1, 0.15) is 5.56 Å². The molecule has 3 rings (SSSR count). The number of ether oxygens (including phenoxy) is 1. The summed E-state index contributed by atoms with van der Waals surface area (Å²) in [5, 5.41) is 16.1. The lowest BCUT2D eigenvalue weighted by molar-refractivity contribution is 0.0496. The third kappa shape index (κ3) is 2.19. The lowest BCUT2D eigenvalue weighted by Crippen LogP contribution is -2.40. The molecular formula is C12H15N5O3. The summed E-state index contributed by atoms with van der Waals surface area (Å²) in [5.74, 6) is -1.01. The Kier molecular flexibility index (Phi) is 3.25. The van der Waals surface area contributed by atoms with E-state index in [2.05, 4.69) is 15.5 Å². The van der Waals surface area contributed by atoms with Gasteiger partial charge in [-0.25, -0.2) is 14.8 Å². The molecule has 1 aliphatic rings. The van der Waals surface area contributed by atoms with Gasteiger partial charge in [0.2, 0.25) is 0 Å². The molecule has 8 nitrogen and oxygen atoms in total. The van der Waals surface area contributed by atoms with Crippen molar-refractivity contribution in [1.29, 1.82) is 0 Å². The zero-order chi connectivity index (χ0) is 14.1. The number of hydrazine groups is 1. The molecule has 2 aromatic rings. The van der Waals surface area contributed by atoms with Crippen molar-refractivity contribution in [3.63, 3.8) is 0 Å². The number of carbonyl (C=O) groups is 1. The maximum Gasteiger partial charge on any atom is 0.339 e. The minimum atomic E-state index is -1.01. The number of aromatic carboxylic acids is 1. The van der Waals surface area contributed by atoms with Crippen LogP contribution in [-0.4, -0.2) is 57.2 Å². The van der Waals surface area contributed by atoms with Crippen LogP contribution in [0.25, 0.3) is 11.0 Å². The van der Waals surface area contributed by atoms with Crippen LogP contribution in [0.4, 0.5) is 5.69 Å². The summed E-state index contributed by atoms with van der Waals surface area (Å²) in [7, 11) is 1.77. The first-order valence-corrected chi connectivity index (χ1v) is 6.30. The van der Waals surface area contributed by atoms with Crippen LogP contribution >= 0.6 is 0 Å². The van der Waals surface area contributed by atoms with Crippen molar-refractivity contribution in [2.45, 2.75) is 0 Å². The topological polar surface area (TPSA) is 92.5 Å². The second-order valence-corrected chi connectivity index (χ2v) is 4.57. The second kappa shape index (κ2) is 5.06. The molecule has 0 saturated carbocycles. The number of nitrogens with zero attached hydrogens (tertiary/aromatic N) is 4. The molecule has 0 radical (unpaired) electrons.